The number of hydrogen-bond donors (Lipinski definition) is 1. The smallest absolute Gasteiger partial charge is 0.136 e. The molecule has 0 unspecified atom stereocenters. The highest BCUT2D eigenvalue weighted by Crippen LogP contribution is 2.22. The van der Waals surface area contributed by atoms with Crippen molar-refractivity contribution in [3.05, 3.63) is 30.7 Å². The van der Waals surface area contributed by atoms with Crippen LogP contribution in [0, 0.1) is 0 Å². The molecule has 1 aromatic heterocycles. The minimum Gasteiger partial charge on any atom is -0.465 e. The van der Waals surface area contributed by atoms with Crippen LogP contribution in [0.25, 0.3) is 0 Å². The number of ether oxygens (including phenoxy) is 1. The van der Waals surface area contributed by atoms with E-state index in [4.69, 9.17) is 10.5 Å². The van der Waals surface area contributed by atoms with Gasteiger partial charge in [-0.3, -0.25) is 4.90 Å². The van der Waals surface area contributed by atoms with E-state index in [-0.39, 0.29) is 0 Å². The lowest BCUT2D eigenvalue weighted by atomic mass is 10.2. The summed E-state index contributed by atoms with van der Waals surface area (Å²) in [5, 5.41) is 0. The van der Waals surface area contributed by atoms with Crippen LogP contribution in [0.2, 0.25) is 0 Å². The zero-order chi connectivity index (χ0) is 13.7. The minimum absolute atomic E-state index is 0.469. The maximum absolute atomic E-state index is 5.68. The lowest BCUT2D eigenvalue weighted by Crippen LogP contribution is -2.45. The number of hydrogen-bond acceptors (Lipinski definition) is 5. The highest BCUT2D eigenvalue weighted by molar-refractivity contribution is 5.42. The van der Waals surface area contributed by atoms with Gasteiger partial charge in [-0.25, -0.2) is 4.98 Å². The van der Waals surface area contributed by atoms with E-state index in [0.717, 1.165) is 50.6 Å². The van der Waals surface area contributed by atoms with Crippen LogP contribution in [-0.2, 0) is 6.54 Å². The van der Waals surface area contributed by atoms with Gasteiger partial charge in [0, 0.05) is 50.6 Å². The van der Waals surface area contributed by atoms with Gasteiger partial charge in [-0.2, -0.15) is 0 Å². The van der Waals surface area contributed by atoms with Gasteiger partial charge in [0.25, 0.3) is 0 Å². The van der Waals surface area contributed by atoms with Crippen LogP contribution in [0.5, 0.6) is 5.75 Å². The second-order valence-corrected chi connectivity index (χ2v) is 4.71. The first-order valence-electron chi connectivity index (χ1n) is 6.69. The van der Waals surface area contributed by atoms with Gasteiger partial charge in [-0.15, -0.1) is 0 Å². The summed E-state index contributed by atoms with van der Waals surface area (Å²) in [6, 6.07) is 1.75. The van der Waals surface area contributed by atoms with Crippen LogP contribution in [0.1, 0.15) is 12.5 Å². The Kier molecular flexibility index (Phi) is 4.76. The van der Waals surface area contributed by atoms with Crippen LogP contribution in [0.3, 0.4) is 0 Å². The number of likely N-dealkylation sites (N-methyl/N-ethyl adjacent to an activating group) is 1. The molecule has 1 fully saturated rings. The molecule has 2 N–H and O–H groups in total. The standard InChI is InChI=1S/C14H22N4O/c1-3-17-5-7-18(8-6-17)11-12-10-16-14(15)9-13(12)19-4-2/h4,9-10H,2-3,5-8,11H2,1H3,(H2,15,16). The number of pyridine rings is 1. The fourth-order valence-electron chi connectivity index (χ4n) is 2.30. The van der Waals surface area contributed by atoms with E-state index >= 15 is 0 Å². The van der Waals surface area contributed by atoms with Gasteiger partial charge in [0.1, 0.15) is 11.6 Å². The first kappa shape index (κ1) is 13.8. The highest BCUT2D eigenvalue weighted by Gasteiger charge is 2.17. The Labute approximate surface area is 114 Å². The Morgan fingerprint density at radius 3 is 2.68 bits per heavy atom. The van der Waals surface area contributed by atoms with Crippen molar-refractivity contribution in [1.82, 2.24) is 14.8 Å². The van der Waals surface area contributed by atoms with Crippen molar-refractivity contribution in [1.29, 1.82) is 0 Å². The molecule has 2 rings (SSSR count). The van der Waals surface area contributed by atoms with Gasteiger partial charge in [0.15, 0.2) is 0 Å². The van der Waals surface area contributed by atoms with E-state index in [0.29, 0.717) is 5.82 Å². The van der Waals surface area contributed by atoms with Crippen LogP contribution >= 0.6 is 0 Å². The van der Waals surface area contributed by atoms with E-state index in [9.17, 15) is 0 Å². The summed E-state index contributed by atoms with van der Waals surface area (Å²) >= 11 is 0. The molecule has 2 heterocycles. The number of piperazine rings is 1. The van der Waals surface area contributed by atoms with E-state index in [2.05, 4.69) is 28.3 Å². The average molecular weight is 262 g/mol. The van der Waals surface area contributed by atoms with Crippen molar-refractivity contribution in [3.63, 3.8) is 0 Å². The molecule has 0 radical (unpaired) electrons. The maximum Gasteiger partial charge on any atom is 0.136 e. The topological polar surface area (TPSA) is 54.6 Å². The zero-order valence-electron chi connectivity index (χ0n) is 11.5. The van der Waals surface area contributed by atoms with Crippen molar-refractivity contribution in [2.24, 2.45) is 0 Å². The first-order chi connectivity index (χ1) is 9.22. The highest BCUT2D eigenvalue weighted by atomic mass is 16.5. The van der Waals surface area contributed by atoms with Gasteiger partial charge >= 0.3 is 0 Å². The molecule has 0 atom stereocenters. The predicted octanol–water partition coefficient (Wildman–Crippen LogP) is 1.32. The molecule has 1 saturated heterocycles. The van der Waals surface area contributed by atoms with Gasteiger partial charge in [0.2, 0.25) is 0 Å². The molecule has 1 aromatic rings. The fraction of sp³-hybridized carbons (Fsp3) is 0.500. The van der Waals surface area contributed by atoms with Gasteiger partial charge in [0.05, 0.1) is 6.26 Å². The first-order valence-corrected chi connectivity index (χ1v) is 6.69. The lowest BCUT2D eigenvalue weighted by Gasteiger charge is -2.34. The van der Waals surface area contributed by atoms with Gasteiger partial charge in [-0.1, -0.05) is 13.5 Å². The molecule has 104 valence electrons. The summed E-state index contributed by atoms with van der Waals surface area (Å²) in [5.74, 6) is 1.22. The molecule has 5 nitrogen and oxygen atoms in total. The normalized spacial score (nSPS) is 17.3. The summed E-state index contributed by atoms with van der Waals surface area (Å²) < 4.78 is 5.41. The zero-order valence-corrected chi connectivity index (χ0v) is 11.5. The summed E-state index contributed by atoms with van der Waals surface area (Å²) in [5.41, 5.74) is 6.74. The second-order valence-electron chi connectivity index (χ2n) is 4.71. The Balaban J connectivity index is 2.01. The summed E-state index contributed by atoms with van der Waals surface area (Å²) in [6.45, 7) is 12.2. The molecule has 5 heteroatoms. The van der Waals surface area contributed by atoms with E-state index in [1.165, 1.54) is 6.26 Å². The van der Waals surface area contributed by atoms with Crippen molar-refractivity contribution in [3.8, 4) is 5.75 Å². The minimum atomic E-state index is 0.469. The average Bonchev–Trinajstić information content (AvgIpc) is 2.43. The molecule has 1 aliphatic heterocycles. The van der Waals surface area contributed by atoms with Crippen molar-refractivity contribution in [2.75, 3.05) is 38.5 Å². The summed E-state index contributed by atoms with van der Waals surface area (Å²) in [6.07, 6.45) is 3.22. The molecular formula is C14H22N4O. The number of nitrogen functional groups attached to an aromatic ring is 1. The molecule has 0 saturated carbocycles. The predicted molar refractivity (Wildman–Crippen MR) is 76.9 cm³/mol. The van der Waals surface area contributed by atoms with Crippen molar-refractivity contribution in [2.45, 2.75) is 13.5 Å². The van der Waals surface area contributed by atoms with Crippen LogP contribution in [-0.4, -0.2) is 47.5 Å². The third-order valence-electron chi connectivity index (χ3n) is 3.48. The Morgan fingerprint density at radius 1 is 1.37 bits per heavy atom. The molecule has 0 aliphatic carbocycles. The number of nitrogens with two attached hydrogens (primary N) is 1. The van der Waals surface area contributed by atoms with Crippen LogP contribution < -0.4 is 10.5 Å². The van der Waals surface area contributed by atoms with Crippen molar-refractivity contribution < 1.29 is 4.74 Å². The number of nitrogens with zero attached hydrogens (tertiary/aromatic N) is 3. The Bertz CT molecular complexity index is 427. The molecular weight excluding hydrogens is 240 g/mol. The van der Waals surface area contributed by atoms with E-state index in [1.807, 2.05) is 0 Å². The third-order valence-corrected chi connectivity index (χ3v) is 3.48. The Morgan fingerprint density at radius 2 is 2.05 bits per heavy atom. The summed E-state index contributed by atoms with van der Waals surface area (Å²) in [7, 11) is 0. The SMILES string of the molecule is C=COc1cc(N)ncc1CN1CCN(CC)CC1. The molecule has 0 bridgehead atoms. The van der Waals surface area contributed by atoms with Crippen LogP contribution in [0.4, 0.5) is 5.82 Å². The van der Waals surface area contributed by atoms with Gasteiger partial charge < -0.3 is 15.4 Å². The van der Waals surface area contributed by atoms with Crippen LogP contribution in [0.15, 0.2) is 25.1 Å². The number of anilines is 1. The monoisotopic (exact) mass is 262 g/mol. The molecule has 0 aromatic carbocycles. The van der Waals surface area contributed by atoms with E-state index in [1.54, 1.807) is 12.3 Å². The largest absolute Gasteiger partial charge is 0.465 e. The molecule has 0 spiro atoms. The third kappa shape index (κ3) is 3.68. The second kappa shape index (κ2) is 6.54. The number of rotatable bonds is 5. The lowest BCUT2D eigenvalue weighted by molar-refractivity contribution is 0.131. The van der Waals surface area contributed by atoms with Gasteiger partial charge in [-0.05, 0) is 6.54 Å². The van der Waals surface area contributed by atoms with Crippen molar-refractivity contribution >= 4 is 5.82 Å². The quantitative estimate of drug-likeness (QED) is 0.811. The molecule has 1 aliphatic rings. The maximum atomic E-state index is 5.68. The summed E-state index contributed by atoms with van der Waals surface area (Å²) in [4.78, 5) is 9.01. The number of aromatic nitrogens is 1. The molecule has 19 heavy (non-hydrogen) atoms. The van der Waals surface area contributed by atoms with E-state index < -0.39 is 0 Å². The Hall–Kier alpha value is -1.59. The fourth-order valence-corrected chi connectivity index (χ4v) is 2.30. The molecule has 0 amide bonds.